The number of sulfonamides is 1. The zero-order chi connectivity index (χ0) is 15.0. The number of halogens is 3. The Kier molecular flexibility index (Phi) is 3.48. The zero-order valence-corrected chi connectivity index (χ0v) is 10.6. The molecule has 2 rings (SSSR count). The molecule has 0 saturated carbocycles. The maximum atomic E-state index is 12.4. The summed E-state index contributed by atoms with van der Waals surface area (Å²) in [5, 5.41) is 5.03. The van der Waals surface area contributed by atoms with Crippen LogP contribution in [0.1, 0.15) is 5.56 Å². The first-order valence-electron chi connectivity index (χ1n) is 5.21. The Morgan fingerprint density at radius 1 is 1.05 bits per heavy atom. The van der Waals surface area contributed by atoms with Crippen molar-refractivity contribution in [3.8, 4) is 11.4 Å². The molecule has 0 unspecified atom stereocenters. The third-order valence-electron chi connectivity index (χ3n) is 2.41. The zero-order valence-electron chi connectivity index (χ0n) is 9.79. The number of primary sulfonamides is 1. The SMILES string of the molecule is NS(=O)(=O)c1ccccc1-c1ncc(C(F)(F)F)cn1. The van der Waals surface area contributed by atoms with Crippen LogP contribution in [0.2, 0.25) is 0 Å². The molecule has 2 aromatic rings. The summed E-state index contributed by atoms with van der Waals surface area (Å²) in [5.74, 6) is -0.150. The second-order valence-corrected chi connectivity index (χ2v) is 5.36. The Morgan fingerprint density at radius 2 is 1.60 bits per heavy atom. The van der Waals surface area contributed by atoms with Gasteiger partial charge in [0.05, 0.1) is 10.5 Å². The van der Waals surface area contributed by atoms with E-state index in [9.17, 15) is 21.6 Å². The van der Waals surface area contributed by atoms with Gasteiger partial charge in [-0.25, -0.2) is 23.5 Å². The molecule has 20 heavy (non-hydrogen) atoms. The normalized spacial score (nSPS) is 12.4. The number of aromatic nitrogens is 2. The summed E-state index contributed by atoms with van der Waals surface area (Å²) >= 11 is 0. The summed E-state index contributed by atoms with van der Waals surface area (Å²) in [6, 6.07) is 5.53. The highest BCUT2D eigenvalue weighted by atomic mass is 32.2. The average Bonchev–Trinajstić information content (AvgIpc) is 2.37. The number of nitrogens with two attached hydrogens (primary N) is 1. The summed E-state index contributed by atoms with van der Waals surface area (Å²) in [6.07, 6.45) is -3.39. The molecule has 0 atom stereocenters. The monoisotopic (exact) mass is 303 g/mol. The van der Waals surface area contributed by atoms with Gasteiger partial charge in [-0.2, -0.15) is 13.2 Å². The minimum absolute atomic E-state index is 0.0451. The number of rotatable bonds is 2. The molecule has 106 valence electrons. The van der Waals surface area contributed by atoms with Crippen LogP contribution in [0.3, 0.4) is 0 Å². The van der Waals surface area contributed by atoms with Crippen molar-refractivity contribution in [3.63, 3.8) is 0 Å². The van der Waals surface area contributed by atoms with E-state index in [0.29, 0.717) is 12.4 Å². The predicted molar refractivity (Wildman–Crippen MR) is 63.8 cm³/mol. The Hall–Kier alpha value is -2.00. The van der Waals surface area contributed by atoms with Gasteiger partial charge in [-0.3, -0.25) is 0 Å². The minimum atomic E-state index is -4.56. The minimum Gasteiger partial charge on any atom is -0.236 e. The molecular weight excluding hydrogens is 295 g/mol. The van der Waals surface area contributed by atoms with Gasteiger partial charge in [0, 0.05) is 18.0 Å². The first-order chi connectivity index (χ1) is 9.19. The lowest BCUT2D eigenvalue weighted by atomic mass is 10.2. The molecule has 0 aliphatic heterocycles. The molecule has 5 nitrogen and oxygen atoms in total. The van der Waals surface area contributed by atoms with E-state index in [4.69, 9.17) is 5.14 Å². The lowest BCUT2D eigenvalue weighted by molar-refractivity contribution is -0.138. The van der Waals surface area contributed by atoms with Crippen molar-refractivity contribution in [3.05, 3.63) is 42.2 Å². The summed E-state index contributed by atoms with van der Waals surface area (Å²) in [6.45, 7) is 0. The molecule has 0 spiro atoms. The molecule has 0 aliphatic carbocycles. The van der Waals surface area contributed by atoms with E-state index in [0.717, 1.165) is 0 Å². The van der Waals surface area contributed by atoms with Crippen molar-refractivity contribution < 1.29 is 21.6 Å². The number of hydrogen-bond acceptors (Lipinski definition) is 4. The second-order valence-electron chi connectivity index (χ2n) is 3.83. The van der Waals surface area contributed by atoms with Crippen LogP contribution < -0.4 is 5.14 Å². The Morgan fingerprint density at radius 3 is 2.10 bits per heavy atom. The molecule has 0 radical (unpaired) electrons. The van der Waals surface area contributed by atoms with Crippen molar-refractivity contribution >= 4 is 10.0 Å². The fourth-order valence-corrected chi connectivity index (χ4v) is 2.25. The van der Waals surface area contributed by atoms with Crippen LogP contribution in [-0.2, 0) is 16.2 Å². The molecule has 1 aromatic carbocycles. The van der Waals surface area contributed by atoms with Crippen LogP contribution in [0.4, 0.5) is 13.2 Å². The first-order valence-corrected chi connectivity index (χ1v) is 6.75. The van der Waals surface area contributed by atoms with Gasteiger partial charge in [0.2, 0.25) is 10.0 Å². The third-order valence-corrected chi connectivity index (χ3v) is 3.38. The topological polar surface area (TPSA) is 85.9 Å². The van der Waals surface area contributed by atoms with Crippen molar-refractivity contribution in [2.24, 2.45) is 5.14 Å². The van der Waals surface area contributed by atoms with Crippen LogP contribution in [0.5, 0.6) is 0 Å². The maximum Gasteiger partial charge on any atom is 0.419 e. The first kappa shape index (κ1) is 14.4. The Bertz CT molecular complexity index is 727. The maximum absolute atomic E-state index is 12.4. The number of alkyl halides is 3. The van der Waals surface area contributed by atoms with Gasteiger partial charge in [0.15, 0.2) is 5.82 Å². The third kappa shape index (κ3) is 2.94. The molecule has 1 aromatic heterocycles. The molecule has 0 bridgehead atoms. The van der Waals surface area contributed by atoms with Gasteiger partial charge in [-0.05, 0) is 12.1 Å². The summed E-state index contributed by atoms with van der Waals surface area (Å²) in [7, 11) is -4.02. The number of benzene rings is 1. The van der Waals surface area contributed by atoms with E-state index < -0.39 is 21.8 Å². The molecule has 0 fully saturated rings. The lowest BCUT2D eigenvalue weighted by Gasteiger charge is -2.08. The summed E-state index contributed by atoms with van der Waals surface area (Å²) in [5.41, 5.74) is -0.974. The van der Waals surface area contributed by atoms with E-state index in [1.54, 1.807) is 0 Å². The molecule has 0 aliphatic rings. The average molecular weight is 303 g/mol. The van der Waals surface area contributed by atoms with E-state index in [2.05, 4.69) is 9.97 Å². The van der Waals surface area contributed by atoms with Crippen molar-refractivity contribution in [2.45, 2.75) is 11.1 Å². The highest BCUT2D eigenvalue weighted by Crippen LogP contribution is 2.29. The molecule has 9 heteroatoms. The molecule has 1 heterocycles. The number of nitrogens with zero attached hydrogens (tertiary/aromatic N) is 2. The van der Waals surface area contributed by atoms with E-state index in [-0.39, 0.29) is 16.3 Å². The van der Waals surface area contributed by atoms with Gasteiger partial charge in [0.1, 0.15) is 0 Å². The highest BCUT2D eigenvalue weighted by Gasteiger charge is 2.31. The lowest BCUT2D eigenvalue weighted by Crippen LogP contribution is -2.14. The van der Waals surface area contributed by atoms with Crippen LogP contribution in [0.15, 0.2) is 41.6 Å². The summed E-state index contributed by atoms with van der Waals surface area (Å²) in [4.78, 5) is 6.83. The van der Waals surface area contributed by atoms with Gasteiger partial charge < -0.3 is 0 Å². The van der Waals surface area contributed by atoms with Crippen molar-refractivity contribution in [2.75, 3.05) is 0 Å². The Labute approximate surface area is 112 Å². The largest absolute Gasteiger partial charge is 0.419 e. The van der Waals surface area contributed by atoms with Crippen LogP contribution in [0, 0.1) is 0 Å². The van der Waals surface area contributed by atoms with E-state index in [1.165, 1.54) is 24.3 Å². The second kappa shape index (κ2) is 4.84. The standard InChI is InChI=1S/C11H8F3N3O2S/c12-11(13,14)7-5-16-10(17-6-7)8-3-1-2-4-9(8)20(15,18)19/h1-6H,(H2,15,18,19). The highest BCUT2D eigenvalue weighted by molar-refractivity contribution is 7.89. The van der Waals surface area contributed by atoms with Crippen molar-refractivity contribution in [1.82, 2.24) is 9.97 Å². The predicted octanol–water partition coefficient (Wildman–Crippen LogP) is 1.81. The fourth-order valence-electron chi connectivity index (χ4n) is 1.51. The van der Waals surface area contributed by atoms with E-state index >= 15 is 0 Å². The van der Waals surface area contributed by atoms with Gasteiger partial charge in [0.25, 0.3) is 0 Å². The smallest absolute Gasteiger partial charge is 0.236 e. The quantitative estimate of drug-likeness (QED) is 0.916. The fraction of sp³-hybridized carbons (Fsp3) is 0.0909. The van der Waals surface area contributed by atoms with Gasteiger partial charge in [-0.1, -0.05) is 12.1 Å². The molecule has 0 saturated heterocycles. The summed E-state index contributed by atoms with van der Waals surface area (Å²) < 4.78 is 60.0. The van der Waals surface area contributed by atoms with Gasteiger partial charge in [-0.15, -0.1) is 0 Å². The molecule has 0 amide bonds. The van der Waals surface area contributed by atoms with E-state index in [1.807, 2.05) is 0 Å². The van der Waals surface area contributed by atoms with Crippen LogP contribution in [0.25, 0.3) is 11.4 Å². The van der Waals surface area contributed by atoms with Crippen LogP contribution >= 0.6 is 0 Å². The van der Waals surface area contributed by atoms with Gasteiger partial charge >= 0.3 is 6.18 Å². The van der Waals surface area contributed by atoms with Crippen molar-refractivity contribution in [1.29, 1.82) is 0 Å². The molecule has 2 N–H and O–H groups in total. The Balaban J connectivity index is 2.54. The van der Waals surface area contributed by atoms with Crippen LogP contribution in [-0.4, -0.2) is 18.4 Å². The molecular formula is C11H8F3N3O2S. The number of hydrogen-bond donors (Lipinski definition) is 1.